The maximum atomic E-state index is 12.4. The van der Waals surface area contributed by atoms with Gasteiger partial charge in [-0.2, -0.15) is 0 Å². The van der Waals surface area contributed by atoms with Crippen molar-refractivity contribution in [3.8, 4) is 17.0 Å². The highest BCUT2D eigenvalue weighted by Gasteiger charge is 2.10. The number of anilines is 1. The van der Waals surface area contributed by atoms with Crippen LogP contribution in [0, 0.1) is 13.8 Å². The smallest absolute Gasteiger partial charge is 0.255 e. The second-order valence-electron chi connectivity index (χ2n) is 5.63. The van der Waals surface area contributed by atoms with Crippen LogP contribution in [-0.4, -0.2) is 17.5 Å². The minimum atomic E-state index is -0.157. The summed E-state index contributed by atoms with van der Waals surface area (Å²) in [5.74, 6) is 0.537. The van der Waals surface area contributed by atoms with Gasteiger partial charge in [-0.1, -0.05) is 18.2 Å². The van der Waals surface area contributed by atoms with Crippen LogP contribution in [0.4, 0.5) is 5.69 Å². The van der Waals surface area contributed by atoms with Crippen LogP contribution in [0.5, 0.6) is 5.75 Å². The van der Waals surface area contributed by atoms with E-state index >= 15 is 0 Å². The van der Waals surface area contributed by atoms with Crippen molar-refractivity contribution < 1.29 is 9.53 Å². The molecule has 0 spiro atoms. The van der Waals surface area contributed by atoms with E-state index in [1.807, 2.05) is 50.2 Å². The molecule has 0 aliphatic carbocycles. The standard InChI is InChI=1S/C20H20N2O2S/c1-4-24-18-7-5-6-16(12-18)20(23)22-17-10-8-15(9-11-17)19-13(2)25-14(3)21-19/h5-12H,4H2,1-3H3,(H,22,23). The van der Waals surface area contributed by atoms with Crippen LogP contribution in [0.3, 0.4) is 0 Å². The zero-order valence-corrected chi connectivity index (χ0v) is 15.3. The lowest BCUT2D eigenvalue weighted by molar-refractivity contribution is 0.102. The molecule has 4 nitrogen and oxygen atoms in total. The Hall–Kier alpha value is -2.66. The van der Waals surface area contributed by atoms with Gasteiger partial charge in [-0.3, -0.25) is 4.79 Å². The SMILES string of the molecule is CCOc1cccc(C(=O)Nc2ccc(-c3nc(C)sc3C)cc2)c1. The molecule has 1 heterocycles. The minimum absolute atomic E-state index is 0.157. The van der Waals surface area contributed by atoms with Gasteiger partial charge in [0.05, 0.1) is 17.3 Å². The lowest BCUT2D eigenvalue weighted by atomic mass is 10.1. The number of hydrogen-bond acceptors (Lipinski definition) is 4. The first kappa shape index (κ1) is 17.2. The van der Waals surface area contributed by atoms with Crippen LogP contribution in [0.25, 0.3) is 11.3 Å². The number of aryl methyl sites for hydroxylation is 2. The van der Waals surface area contributed by atoms with Gasteiger partial charge in [0.1, 0.15) is 5.75 Å². The van der Waals surface area contributed by atoms with Crippen LogP contribution < -0.4 is 10.1 Å². The molecule has 0 bridgehead atoms. The molecule has 1 aromatic heterocycles. The van der Waals surface area contributed by atoms with Crippen molar-refractivity contribution in [1.82, 2.24) is 4.98 Å². The van der Waals surface area contributed by atoms with E-state index in [0.717, 1.165) is 22.0 Å². The summed E-state index contributed by atoms with van der Waals surface area (Å²) < 4.78 is 5.44. The molecule has 0 aliphatic heterocycles. The van der Waals surface area contributed by atoms with Crippen LogP contribution in [-0.2, 0) is 0 Å². The lowest BCUT2D eigenvalue weighted by Gasteiger charge is -2.08. The highest BCUT2D eigenvalue weighted by molar-refractivity contribution is 7.11. The van der Waals surface area contributed by atoms with Crippen LogP contribution in [0.1, 0.15) is 27.2 Å². The summed E-state index contributed by atoms with van der Waals surface area (Å²) in [7, 11) is 0. The van der Waals surface area contributed by atoms with E-state index in [4.69, 9.17) is 4.74 Å². The first-order valence-electron chi connectivity index (χ1n) is 8.15. The summed E-state index contributed by atoms with van der Waals surface area (Å²) in [6, 6.07) is 14.9. The molecule has 0 aliphatic rings. The maximum absolute atomic E-state index is 12.4. The van der Waals surface area contributed by atoms with Crippen molar-refractivity contribution in [3.63, 3.8) is 0 Å². The van der Waals surface area contributed by atoms with Gasteiger partial charge in [-0.05, 0) is 51.1 Å². The summed E-state index contributed by atoms with van der Waals surface area (Å²) >= 11 is 1.69. The molecular weight excluding hydrogens is 332 g/mol. The topological polar surface area (TPSA) is 51.2 Å². The zero-order chi connectivity index (χ0) is 17.8. The summed E-state index contributed by atoms with van der Waals surface area (Å²) in [6.45, 7) is 6.56. The third-order valence-corrected chi connectivity index (χ3v) is 4.61. The number of benzene rings is 2. The van der Waals surface area contributed by atoms with E-state index in [1.54, 1.807) is 23.5 Å². The third kappa shape index (κ3) is 4.06. The van der Waals surface area contributed by atoms with Gasteiger partial charge >= 0.3 is 0 Å². The first-order chi connectivity index (χ1) is 12.1. The Kier molecular flexibility index (Phi) is 5.14. The third-order valence-electron chi connectivity index (χ3n) is 3.73. The molecule has 2 aromatic carbocycles. The molecule has 0 atom stereocenters. The van der Waals surface area contributed by atoms with Gasteiger partial charge in [-0.25, -0.2) is 4.98 Å². The van der Waals surface area contributed by atoms with Gasteiger partial charge < -0.3 is 10.1 Å². The summed E-state index contributed by atoms with van der Waals surface area (Å²) in [5.41, 5.74) is 3.38. The zero-order valence-electron chi connectivity index (χ0n) is 14.5. The van der Waals surface area contributed by atoms with E-state index in [2.05, 4.69) is 17.2 Å². The number of amides is 1. The Labute approximate surface area is 151 Å². The predicted octanol–water partition coefficient (Wildman–Crippen LogP) is 5.08. The Morgan fingerprint density at radius 1 is 1.16 bits per heavy atom. The number of nitrogens with zero attached hydrogens (tertiary/aromatic N) is 1. The average Bonchev–Trinajstić information content (AvgIpc) is 2.94. The predicted molar refractivity (Wildman–Crippen MR) is 103 cm³/mol. The van der Waals surface area contributed by atoms with Crippen molar-refractivity contribution in [2.24, 2.45) is 0 Å². The summed E-state index contributed by atoms with van der Waals surface area (Å²) in [6.07, 6.45) is 0. The monoisotopic (exact) mass is 352 g/mol. The maximum Gasteiger partial charge on any atom is 0.255 e. The number of carbonyl (C=O) groups is 1. The van der Waals surface area contributed by atoms with Crippen molar-refractivity contribution in [2.75, 3.05) is 11.9 Å². The fourth-order valence-corrected chi connectivity index (χ4v) is 3.45. The molecule has 1 amide bonds. The van der Waals surface area contributed by atoms with Gasteiger partial charge in [0.2, 0.25) is 0 Å². The summed E-state index contributed by atoms with van der Waals surface area (Å²) in [4.78, 5) is 18.2. The van der Waals surface area contributed by atoms with Crippen molar-refractivity contribution >= 4 is 22.9 Å². The molecule has 3 rings (SSSR count). The number of rotatable bonds is 5. The molecule has 3 aromatic rings. The lowest BCUT2D eigenvalue weighted by Crippen LogP contribution is -2.11. The largest absolute Gasteiger partial charge is 0.494 e. The Bertz CT molecular complexity index is 885. The number of aromatic nitrogens is 1. The molecule has 25 heavy (non-hydrogen) atoms. The van der Waals surface area contributed by atoms with E-state index < -0.39 is 0 Å². The number of thiazole rings is 1. The quantitative estimate of drug-likeness (QED) is 0.697. The summed E-state index contributed by atoms with van der Waals surface area (Å²) in [5, 5.41) is 3.97. The van der Waals surface area contributed by atoms with E-state index in [-0.39, 0.29) is 5.91 Å². The van der Waals surface area contributed by atoms with Crippen molar-refractivity contribution in [1.29, 1.82) is 0 Å². The number of nitrogens with one attached hydrogen (secondary N) is 1. The van der Waals surface area contributed by atoms with Crippen molar-refractivity contribution in [2.45, 2.75) is 20.8 Å². The highest BCUT2D eigenvalue weighted by atomic mass is 32.1. The minimum Gasteiger partial charge on any atom is -0.494 e. The number of ether oxygens (including phenoxy) is 1. The van der Waals surface area contributed by atoms with Crippen LogP contribution >= 0.6 is 11.3 Å². The Balaban J connectivity index is 1.74. The first-order valence-corrected chi connectivity index (χ1v) is 8.97. The molecular formula is C20H20N2O2S. The Morgan fingerprint density at radius 2 is 1.92 bits per heavy atom. The van der Waals surface area contributed by atoms with Gasteiger partial charge in [0.25, 0.3) is 5.91 Å². The average molecular weight is 352 g/mol. The fraction of sp³-hybridized carbons (Fsp3) is 0.200. The van der Waals surface area contributed by atoms with Gasteiger partial charge in [-0.15, -0.1) is 11.3 Å². The molecule has 0 unspecified atom stereocenters. The van der Waals surface area contributed by atoms with Gasteiger partial charge in [0.15, 0.2) is 0 Å². The molecule has 1 N–H and O–H groups in total. The fourth-order valence-electron chi connectivity index (χ4n) is 2.61. The molecule has 128 valence electrons. The highest BCUT2D eigenvalue weighted by Crippen LogP contribution is 2.28. The number of hydrogen-bond donors (Lipinski definition) is 1. The second kappa shape index (κ2) is 7.49. The molecule has 5 heteroatoms. The van der Waals surface area contributed by atoms with E-state index in [1.165, 1.54) is 4.88 Å². The van der Waals surface area contributed by atoms with Crippen LogP contribution in [0.2, 0.25) is 0 Å². The van der Waals surface area contributed by atoms with Gasteiger partial charge in [0, 0.05) is 21.7 Å². The Morgan fingerprint density at radius 3 is 2.56 bits per heavy atom. The van der Waals surface area contributed by atoms with E-state index in [0.29, 0.717) is 17.9 Å². The number of carbonyl (C=O) groups excluding carboxylic acids is 1. The molecule has 0 fully saturated rings. The van der Waals surface area contributed by atoms with Crippen LogP contribution in [0.15, 0.2) is 48.5 Å². The van der Waals surface area contributed by atoms with E-state index in [9.17, 15) is 4.79 Å². The molecule has 0 radical (unpaired) electrons. The molecule has 0 saturated heterocycles. The second-order valence-corrected chi connectivity index (χ2v) is 7.04. The molecule has 0 saturated carbocycles. The van der Waals surface area contributed by atoms with Crippen molar-refractivity contribution in [3.05, 3.63) is 64.0 Å². The normalized spacial score (nSPS) is 10.5.